The molecule has 0 unspecified atom stereocenters. The summed E-state index contributed by atoms with van der Waals surface area (Å²) in [6.07, 6.45) is 1.94. The molecule has 0 aliphatic rings. The number of esters is 1. The third-order valence-corrected chi connectivity index (χ3v) is 4.55. The minimum Gasteiger partial charge on any atom is -0.463 e. The van der Waals surface area contributed by atoms with Crippen LogP contribution in [0.25, 0.3) is 0 Å². The molecule has 0 saturated carbocycles. The van der Waals surface area contributed by atoms with Crippen molar-refractivity contribution in [3.63, 3.8) is 0 Å². The van der Waals surface area contributed by atoms with Gasteiger partial charge in [0.05, 0.1) is 6.61 Å². The summed E-state index contributed by atoms with van der Waals surface area (Å²) >= 11 is 0. The van der Waals surface area contributed by atoms with Crippen LogP contribution in [0.3, 0.4) is 0 Å². The number of carbonyl (C=O) groups excluding carboxylic acids is 1. The van der Waals surface area contributed by atoms with Gasteiger partial charge in [-0.3, -0.25) is 0 Å². The third kappa shape index (κ3) is 5.41. The Bertz CT molecular complexity index is 207. The highest BCUT2D eigenvalue weighted by Gasteiger charge is 2.28. The maximum Gasteiger partial charge on any atom is 0.330 e. The lowest BCUT2D eigenvalue weighted by Gasteiger charge is -2.28. The van der Waals surface area contributed by atoms with Crippen molar-refractivity contribution in [2.75, 3.05) is 27.9 Å². The van der Waals surface area contributed by atoms with Crippen LogP contribution >= 0.6 is 0 Å². The van der Waals surface area contributed by atoms with Crippen LogP contribution in [0, 0.1) is 0 Å². The number of methoxy groups -OCH3 is 3. The molecule has 0 aromatic heterocycles. The summed E-state index contributed by atoms with van der Waals surface area (Å²) in [5, 5.41) is 0. The monoisotopic (exact) mass is 248 g/mol. The fourth-order valence-corrected chi connectivity index (χ4v) is 2.73. The Morgan fingerprint density at radius 3 is 2.31 bits per heavy atom. The van der Waals surface area contributed by atoms with Crippen LogP contribution in [0.4, 0.5) is 0 Å². The summed E-state index contributed by atoms with van der Waals surface area (Å²) in [6, 6.07) is 0.903. The molecule has 0 aliphatic carbocycles. The largest absolute Gasteiger partial charge is 0.463 e. The van der Waals surface area contributed by atoms with Crippen molar-refractivity contribution in [1.29, 1.82) is 0 Å². The van der Waals surface area contributed by atoms with Gasteiger partial charge in [-0.25, -0.2) is 4.79 Å². The lowest BCUT2D eigenvalue weighted by Crippen LogP contribution is -2.42. The summed E-state index contributed by atoms with van der Waals surface area (Å²) in [4.78, 5) is 10.7. The van der Waals surface area contributed by atoms with E-state index in [4.69, 9.17) is 18.9 Å². The molecule has 94 valence electrons. The van der Waals surface area contributed by atoms with E-state index in [0.717, 1.165) is 18.5 Å². The van der Waals surface area contributed by atoms with Gasteiger partial charge in [0.2, 0.25) is 5.60 Å². The molecular weight excluding hydrogens is 228 g/mol. The molecule has 0 bridgehead atoms. The van der Waals surface area contributed by atoms with Crippen molar-refractivity contribution in [3.05, 3.63) is 12.7 Å². The van der Waals surface area contributed by atoms with Crippen molar-refractivity contribution in [2.24, 2.45) is 0 Å². The molecule has 0 rings (SSSR count). The molecule has 5 nitrogen and oxygen atoms in total. The Morgan fingerprint density at radius 1 is 1.31 bits per heavy atom. The Kier molecular flexibility index (Phi) is 8.09. The molecule has 0 atom stereocenters. The normalized spacial score (nSPS) is 11.9. The first-order valence-electron chi connectivity index (χ1n) is 5.08. The second-order valence-electron chi connectivity index (χ2n) is 3.12. The van der Waals surface area contributed by atoms with Crippen LogP contribution in [-0.2, 0) is 23.7 Å². The number of hydrogen-bond donors (Lipinski definition) is 0. The van der Waals surface area contributed by atoms with Crippen LogP contribution in [0.5, 0.6) is 0 Å². The molecule has 0 radical (unpaired) electrons. The molecule has 0 N–H and O–H groups in total. The second kappa shape index (κ2) is 8.46. The van der Waals surface area contributed by atoms with Crippen molar-refractivity contribution >= 4 is 15.5 Å². The van der Waals surface area contributed by atoms with Gasteiger partial charge in [0.1, 0.15) is 9.52 Å². The first kappa shape index (κ1) is 15.3. The van der Waals surface area contributed by atoms with E-state index in [0.29, 0.717) is 6.61 Å². The van der Waals surface area contributed by atoms with Crippen LogP contribution in [0.2, 0.25) is 6.04 Å². The first-order chi connectivity index (χ1) is 7.64. The van der Waals surface area contributed by atoms with Gasteiger partial charge in [0.15, 0.2) is 0 Å². The smallest absolute Gasteiger partial charge is 0.330 e. The SMILES string of the molecule is C=CC(=O)OCCC[SiH2]C(OC)(OC)OC. The molecule has 0 amide bonds. The Hall–Kier alpha value is -0.693. The van der Waals surface area contributed by atoms with Gasteiger partial charge in [-0.05, 0) is 6.42 Å². The minimum atomic E-state index is -0.859. The molecule has 0 aliphatic heterocycles. The average Bonchev–Trinajstić information content (AvgIpc) is 2.34. The summed E-state index contributed by atoms with van der Waals surface area (Å²) in [5.41, 5.74) is -0.859. The average molecular weight is 248 g/mol. The fraction of sp³-hybridized carbons (Fsp3) is 0.700. The maximum atomic E-state index is 10.7. The fourth-order valence-electron chi connectivity index (χ4n) is 1.23. The Morgan fingerprint density at radius 2 is 1.88 bits per heavy atom. The molecular formula is C10H20O5Si. The summed E-state index contributed by atoms with van der Waals surface area (Å²) in [5.74, 6) is -0.391. The van der Waals surface area contributed by atoms with Crippen molar-refractivity contribution in [1.82, 2.24) is 0 Å². The van der Waals surface area contributed by atoms with Gasteiger partial charge in [0.25, 0.3) is 0 Å². The molecule has 0 aromatic carbocycles. The zero-order valence-electron chi connectivity index (χ0n) is 10.2. The van der Waals surface area contributed by atoms with Gasteiger partial charge >= 0.3 is 5.97 Å². The first-order valence-corrected chi connectivity index (χ1v) is 6.79. The molecule has 0 saturated heterocycles. The molecule has 0 fully saturated rings. The van der Waals surface area contributed by atoms with Gasteiger partial charge in [-0.1, -0.05) is 12.6 Å². The van der Waals surface area contributed by atoms with Crippen LogP contribution < -0.4 is 0 Å². The highest BCUT2D eigenvalue weighted by Crippen LogP contribution is 2.12. The van der Waals surface area contributed by atoms with E-state index in [1.54, 1.807) is 21.3 Å². The summed E-state index contributed by atoms with van der Waals surface area (Å²) in [6.45, 7) is 3.71. The van der Waals surface area contributed by atoms with Gasteiger partial charge < -0.3 is 18.9 Å². The Balaban J connectivity index is 3.71. The highest BCUT2D eigenvalue weighted by molar-refractivity contribution is 6.38. The molecule has 6 heteroatoms. The molecule has 0 aromatic rings. The van der Waals surface area contributed by atoms with Crippen molar-refractivity contribution in [2.45, 2.75) is 18.1 Å². The standard InChI is InChI=1S/C10H20O5Si/c1-5-9(11)15-7-6-8-16-10(12-2,13-3)14-4/h5H,1,6-8,16H2,2-4H3. The molecule has 0 spiro atoms. The van der Waals surface area contributed by atoms with E-state index in [1.807, 2.05) is 0 Å². The van der Waals surface area contributed by atoms with Crippen LogP contribution in [0.15, 0.2) is 12.7 Å². The van der Waals surface area contributed by atoms with Crippen molar-refractivity contribution in [3.8, 4) is 0 Å². The molecule has 0 heterocycles. The van der Waals surface area contributed by atoms with E-state index in [1.165, 1.54) is 0 Å². The number of hydrogen-bond acceptors (Lipinski definition) is 5. The summed E-state index contributed by atoms with van der Waals surface area (Å²) in [7, 11) is 3.94. The van der Waals surface area contributed by atoms with E-state index >= 15 is 0 Å². The predicted molar refractivity (Wildman–Crippen MR) is 62.9 cm³/mol. The third-order valence-electron chi connectivity index (χ3n) is 2.22. The van der Waals surface area contributed by atoms with Crippen LogP contribution in [-0.4, -0.2) is 49.0 Å². The predicted octanol–water partition coefficient (Wildman–Crippen LogP) is 0.243. The van der Waals surface area contributed by atoms with Crippen LogP contribution in [0.1, 0.15) is 6.42 Å². The van der Waals surface area contributed by atoms with E-state index < -0.39 is 21.1 Å². The number of ether oxygens (including phenoxy) is 4. The Labute approximate surface area is 98.5 Å². The lowest BCUT2D eigenvalue weighted by atomic mass is 10.5. The minimum absolute atomic E-state index is 0.391. The lowest BCUT2D eigenvalue weighted by molar-refractivity contribution is -0.294. The highest BCUT2D eigenvalue weighted by atomic mass is 28.2. The van der Waals surface area contributed by atoms with Gasteiger partial charge in [-0.15, -0.1) is 0 Å². The quantitative estimate of drug-likeness (QED) is 0.192. The number of rotatable bonds is 9. The number of carbonyl (C=O) groups is 1. The zero-order valence-corrected chi connectivity index (χ0v) is 11.6. The van der Waals surface area contributed by atoms with E-state index in [9.17, 15) is 4.79 Å². The van der Waals surface area contributed by atoms with E-state index in [-0.39, 0.29) is 0 Å². The summed E-state index contributed by atoms with van der Waals surface area (Å²) < 4.78 is 20.4. The van der Waals surface area contributed by atoms with Crippen molar-refractivity contribution < 1.29 is 23.7 Å². The van der Waals surface area contributed by atoms with Gasteiger partial charge in [0, 0.05) is 27.4 Å². The molecule has 16 heavy (non-hydrogen) atoms. The zero-order chi connectivity index (χ0) is 12.4. The topological polar surface area (TPSA) is 54.0 Å². The maximum absolute atomic E-state index is 10.7. The van der Waals surface area contributed by atoms with E-state index in [2.05, 4.69) is 6.58 Å². The van der Waals surface area contributed by atoms with Gasteiger partial charge in [-0.2, -0.15) is 0 Å². The second-order valence-corrected chi connectivity index (χ2v) is 5.20.